The fraction of sp³-hybridized carbons (Fsp3) is 0.508. The van der Waals surface area contributed by atoms with Crippen molar-refractivity contribution in [1.29, 1.82) is 0 Å². The first-order valence-corrected chi connectivity index (χ1v) is 28.1. The highest BCUT2D eigenvalue weighted by Gasteiger charge is 2.47. The van der Waals surface area contributed by atoms with E-state index in [2.05, 4.69) is 32.7 Å². The Bertz CT molecular complexity index is 2860. The third-order valence-electron chi connectivity index (χ3n) is 16.5. The zero-order valence-corrected chi connectivity index (χ0v) is 48.1. The summed E-state index contributed by atoms with van der Waals surface area (Å²) in [6.45, 7) is 17.0. The molecule has 1 saturated heterocycles. The first-order valence-electron chi connectivity index (χ1n) is 28.1. The number of hydrogen-bond acceptors (Lipinski definition) is 9. The minimum absolute atomic E-state index is 0.0155. The van der Waals surface area contributed by atoms with E-state index in [4.69, 9.17) is 0 Å². The second-order valence-electron chi connectivity index (χ2n) is 24.2. The van der Waals surface area contributed by atoms with Gasteiger partial charge in [0.05, 0.1) is 18.1 Å². The van der Waals surface area contributed by atoms with Crippen molar-refractivity contribution < 1.29 is 38.0 Å². The zero-order chi connectivity index (χ0) is 57.5. The van der Waals surface area contributed by atoms with Crippen molar-refractivity contribution >= 4 is 41.2 Å². The average Bonchev–Trinajstić information content (AvgIpc) is 3.91. The van der Waals surface area contributed by atoms with Gasteiger partial charge in [0.1, 0.15) is 29.7 Å². The van der Waals surface area contributed by atoms with Gasteiger partial charge in [-0.2, -0.15) is 0 Å². The Labute approximate surface area is 466 Å². The van der Waals surface area contributed by atoms with Gasteiger partial charge in [-0.3, -0.25) is 33.6 Å². The van der Waals surface area contributed by atoms with Crippen LogP contribution in [0.15, 0.2) is 97.1 Å². The summed E-state index contributed by atoms with van der Waals surface area (Å²) in [4.78, 5) is 106. The van der Waals surface area contributed by atoms with E-state index in [9.17, 15) is 28.8 Å². The summed E-state index contributed by atoms with van der Waals surface area (Å²) in [5.74, 6) is -3.39. The lowest BCUT2D eigenvalue weighted by Gasteiger charge is -2.43. The molecular formula is C63H83FN8O7. The minimum Gasteiger partial charge on any atom is -0.347 e. The van der Waals surface area contributed by atoms with E-state index in [1.165, 1.54) is 11.6 Å². The summed E-state index contributed by atoms with van der Waals surface area (Å²) in [5, 5.41) is 15.3. The lowest BCUT2D eigenvalue weighted by atomic mass is 9.76. The molecule has 1 aliphatic carbocycles. The number of aryl methyl sites for hydroxylation is 1. The number of fused-ring (bicyclic) bond motifs is 2. The average molecular weight is 1080 g/mol. The first kappa shape index (κ1) is 59.9. The maximum Gasteiger partial charge on any atom is 0.251 e. The van der Waals surface area contributed by atoms with E-state index in [-0.39, 0.29) is 80.8 Å². The highest BCUT2D eigenvalue weighted by Crippen LogP contribution is 2.36. The fourth-order valence-corrected chi connectivity index (χ4v) is 11.3. The van der Waals surface area contributed by atoms with Crippen LogP contribution in [0.1, 0.15) is 138 Å². The van der Waals surface area contributed by atoms with Gasteiger partial charge in [0, 0.05) is 56.0 Å². The predicted octanol–water partition coefficient (Wildman–Crippen LogP) is 7.00. The predicted molar refractivity (Wildman–Crippen MR) is 304 cm³/mol. The van der Waals surface area contributed by atoms with E-state index in [1.807, 2.05) is 90.9 Å². The fourth-order valence-electron chi connectivity index (χ4n) is 11.3. The van der Waals surface area contributed by atoms with Crippen LogP contribution in [0.25, 0.3) is 0 Å². The topological polar surface area (TPSA) is 189 Å². The van der Waals surface area contributed by atoms with Gasteiger partial charge in [-0.15, -0.1) is 0 Å². The summed E-state index contributed by atoms with van der Waals surface area (Å²) < 4.78 is 15.3. The molecule has 0 bridgehead atoms. The number of rotatable bonds is 19. The Balaban J connectivity index is 1.15. The molecule has 9 atom stereocenters. The second kappa shape index (κ2) is 25.6. The van der Waals surface area contributed by atoms with Crippen molar-refractivity contribution in [3.05, 3.63) is 142 Å². The second-order valence-corrected chi connectivity index (χ2v) is 24.2. The van der Waals surface area contributed by atoms with Gasteiger partial charge in [-0.1, -0.05) is 120 Å². The third-order valence-corrected chi connectivity index (χ3v) is 16.5. The van der Waals surface area contributed by atoms with Crippen LogP contribution in [-0.4, -0.2) is 119 Å². The molecule has 0 spiro atoms. The minimum atomic E-state index is -0.975. The molecule has 4 aromatic carbocycles. The van der Waals surface area contributed by atoms with Crippen LogP contribution < -0.4 is 26.6 Å². The number of nitrogens with zero attached hydrogens (tertiary/aromatic N) is 3. The van der Waals surface area contributed by atoms with E-state index in [0.29, 0.717) is 16.7 Å². The van der Waals surface area contributed by atoms with Crippen molar-refractivity contribution in [3.8, 4) is 0 Å². The summed E-state index contributed by atoms with van der Waals surface area (Å²) >= 11 is 0. The number of carbonyl (C=O) groups excluding carboxylic acids is 7. The normalized spacial score (nSPS) is 20.1. The maximum absolute atomic E-state index is 15.5. The standard InChI is InChI=1S/C63H83FN8O7/c1-38(31-45-21-15-17-25-50(45)64)70(60(78)53-32-44-20-12-13-22-46(44)36-71(53)61(79)55(63(7,8)9)69-56(74)40(3)66-11)35-41-27-29-43(30-28-41)57(75)67-47-33-52(58(76)68-51-26-18-23-42-19-14-16-24-48(42)51)72(37-47)59(77)49(62(4,5)6)34-54(73)39(2)65-10/h12-17,19-22,24-25,27-30,38-40,47,49,51-53,55,65-66H,18,23,26,31-37H2,1-11H3,(H,67,75)(H,68,76)(H,69,74)/t38-,39+,40+,47?,49-,51?,52+,53+,55-/m1/s1. The van der Waals surface area contributed by atoms with Gasteiger partial charge in [0.25, 0.3) is 5.91 Å². The van der Waals surface area contributed by atoms with E-state index in [0.717, 1.165) is 36.0 Å². The smallest absolute Gasteiger partial charge is 0.251 e. The SMILES string of the molecule is CN[C@@H](C)C(=O)C[C@H](C(=O)N1CC(NC(=O)c2ccc(CN(C(=O)[C@@H]3Cc4ccccc4CN3C(=O)[C@@H](NC(=O)[C@H](C)NC)C(C)(C)C)[C@H](C)Cc3ccccc3F)cc2)C[C@H]1C(=O)NC1CCCc2ccccc21)C(C)(C)C. The van der Waals surface area contributed by atoms with Crippen LogP contribution in [0.5, 0.6) is 0 Å². The maximum atomic E-state index is 15.5. The molecule has 3 aliphatic rings. The van der Waals surface area contributed by atoms with Crippen molar-refractivity contribution in [3.63, 3.8) is 0 Å². The molecule has 7 rings (SSSR count). The highest BCUT2D eigenvalue weighted by atomic mass is 19.1. The van der Waals surface area contributed by atoms with Gasteiger partial charge in [0.2, 0.25) is 29.5 Å². The molecule has 5 N–H and O–H groups in total. The quantitative estimate of drug-likeness (QED) is 0.0659. The van der Waals surface area contributed by atoms with Crippen LogP contribution in [-0.2, 0) is 61.1 Å². The Kier molecular flexibility index (Phi) is 19.4. The van der Waals surface area contributed by atoms with Crippen molar-refractivity contribution in [2.45, 2.75) is 169 Å². The molecule has 15 nitrogen and oxygen atoms in total. The number of likely N-dealkylation sites (tertiary alicyclic amines) is 1. The van der Waals surface area contributed by atoms with Crippen molar-refractivity contribution in [2.75, 3.05) is 20.6 Å². The van der Waals surface area contributed by atoms with E-state index >= 15 is 9.18 Å². The molecular weight excluding hydrogens is 1000 g/mol. The number of likely N-dealkylation sites (N-methyl/N-ethyl adjacent to an activating group) is 2. The van der Waals surface area contributed by atoms with Crippen LogP contribution in [0.4, 0.5) is 4.39 Å². The largest absolute Gasteiger partial charge is 0.347 e. The Morgan fingerprint density at radius 1 is 0.709 bits per heavy atom. The van der Waals surface area contributed by atoms with Crippen LogP contribution in [0.3, 0.4) is 0 Å². The number of amides is 6. The lowest BCUT2D eigenvalue weighted by molar-refractivity contribution is -0.152. The summed E-state index contributed by atoms with van der Waals surface area (Å²) in [6, 6.07) is 23.7. The number of halogens is 1. The summed E-state index contributed by atoms with van der Waals surface area (Å²) in [6.07, 6.45) is 3.10. The molecule has 4 aromatic rings. The molecule has 6 amide bonds. The van der Waals surface area contributed by atoms with E-state index in [1.54, 1.807) is 85.1 Å². The van der Waals surface area contributed by atoms with Crippen LogP contribution in [0, 0.1) is 22.6 Å². The number of nitrogens with one attached hydrogen (secondary N) is 5. The van der Waals surface area contributed by atoms with E-state index < -0.39 is 76.7 Å². The molecule has 16 heteroatoms. The third kappa shape index (κ3) is 14.3. The van der Waals surface area contributed by atoms with Crippen LogP contribution in [0.2, 0.25) is 0 Å². The summed E-state index contributed by atoms with van der Waals surface area (Å²) in [5.41, 5.74) is 4.10. The van der Waals surface area contributed by atoms with Crippen molar-refractivity contribution in [1.82, 2.24) is 41.3 Å². The molecule has 1 fully saturated rings. The number of benzene rings is 4. The number of carbonyl (C=O) groups is 7. The van der Waals surface area contributed by atoms with Crippen molar-refractivity contribution in [2.24, 2.45) is 16.7 Å². The van der Waals surface area contributed by atoms with Gasteiger partial charge >= 0.3 is 0 Å². The molecule has 0 saturated carbocycles. The molecule has 2 heterocycles. The summed E-state index contributed by atoms with van der Waals surface area (Å²) in [7, 11) is 3.37. The highest BCUT2D eigenvalue weighted by molar-refractivity contribution is 5.97. The first-order chi connectivity index (χ1) is 37.4. The Morgan fingerprint density at radius 3 is 1.99 bits per heavy atom. The van der Waals surface area contributed by atoms with Crippen LogP contribution >= 0.6 is 0 Å². The lowest BCUT2D eigenvalue weighted by Crippen LogP contribution is -2.62. The Morgan fingerprint density at radius 2 is 1.34 bits per heavy atom. The molecule has 2 aliphatic heterocycles. The van der Waals surface area contributed by atoms with Gasteiger partial charge in [-0.25, -0.2) is 4.39 Å². The zero-order valence-electron chi connectivity index (χ0n) is 48.1. The van der Waals surface area contributed by atoms with Gasteiger partial charge < -0.3 is 41.3 Å². The molecule has 424 valence electrons. The number of Topliss-reactive ketones (excluding diaryl/α,β-unsaturated/α-hetero) is 1. The van der Waals surface area contributed by atoms with Gasteiger partial charge in [-0.05, 0) is 129 Å². The molecule has 0 aromatic heterocycles. The molecule has 79 heavy (non-hydrogen) atoms. The number of ketones is 1. The molecule has 0 radical (unpaired) electrons. The number of hydrogen-bond donors (Lipinski definition) is 5. The molecule has 2 unspecified atom stereocenters. The Hall–Kier alpha value is -6.78. The monoisotopic (exact) mass is 1080 g/mol. The van der Waals surface area contributed by atoms with Gasteiger partial charge in [0.15, 0.2) is 0 Å².